The molecule has 0 aliphatic carbocycles. The molecule has 2 aliphatic heterocycles. The molecule has 1 N–H and O–H groups in total. The average molecular weight is 466 g/mol. The zero-order chi connectivity index (χ0) is 24.8. The largest absolute Gasteiger partial charge is 0.507 e. The van der Waals surface area contributed by atoms with Gasteiger partial charge in [0.2, 0.25) is 0 Å². The fourth-order valence-corrected chi connectivity index (χ4v) is 4.91. The number of para-hydroxylation sites is 1. The number of benzene rings is 2. The molecule has 8 heteroatoms. The van der Waals surface area contributed by atoms with Crippen LogP contribution in [0.25, 0.3) is 5.76 Å². The molecular weight excluding hydrogens is 437 g/mol. The molecular formula is C26H28FN3O4. The summed E-state index contributed by atoms with van der Waals surface area (Å²) in [6.45, 7) is 4.48. The van der Waals surface area contributed by atoms with Gasteiger partial charge in [0, 0.05) is 24.2 Å². The lowest BCUT2D eigenvalue weighted by molar-refractivity contribution is -0.143. The molecule has 1 atom stereocenters. The number of likely N-dealkylation sites (tertiary alicyclic amines) is 1. The van der Waals surface area contributed by atoms with Crippen molar-refractivity contribution in [1.29, 1.82) is 0 Å². The van der Waals surface area contributed by atoms with Crippen LogP contribution < -0.4 is 4.90 Å². The Morgan fingerprint density at radius 3 is 2.47 bits per heavy atom. The van der Waals surface area contributed by atoms with Gasteiger partial charge in [-0.15, -0.1) is 0 Å². The van der Waals surface area contributed by atoms with Gasteiger partial charge in [-0.1, -0.05) is 30.3 Å². The molecule has 0 bridgehead atoms. The number of amides is 2. The number of carbonyl (C=O) groups is 3. The third kappa shape index (κ3) is 3.32. The molecule has 0 radical (unpaired) electrons. The smallest absolute Gasteiger partial charge is 0.296 e. The Kier molecular flexibility index (Phi) is 6.03. The Bertz CT molecular complexity index is 1220. The maximum absolute atomic E-state index is 14.3. The summed E-state index contributed by atoms with van der Waals surface area (Å²) in [6, 6.07) is 11.0. The summed E-state index contributed by atoms with van der Waals surface area (Å²) < 4.78 is 14.3. The van der Waals surface area contributed by atoms with Crippen LogP contribution in [0.3, 0.4) is 0 Å². The van der Waals surface area contributed by atoms with Crippen LogP contribution in [-0.4, -0.2) is 66.2 Å². The van der Waals surface area contributed by atoms with Crippen LogP contribution in [-0.2, 0) is 19.9 Å². The highest BCUT2D eigenvalue weighted by Gasteiger charge is 2.66. The number of likely N-dealkylation sites (N-methyl/N-ethyl adjacent to an activating group) is 1. The normalized spacial score (nSPS) is 21.3. The number of nitrogens with zero attached hydrogens (tertiary/aromatic N) is 3. The van der Waals surface area contributed by atoms with Gasteiger partial charge in [-0.25, -0.2) is 4.39 Å². The van der Waals surface area contributed by atoms with Gasteiger partial charge < -0.3 is 19.8 Å². The van der Waals surface area contributed by atoms with Gasteiger partial charge in [0.25, 0.3) is 17.6 Å². The van der Waals surface area contributed by atoms with Gasteiger partial charge in [0.05, 0.1) is 11.3 Å². The molecule has 2 amide bonds. The zero-order valence-electron chi connectivity index (χ0n) is 19.8. The van der Waals surface area contributed by atoms with Gasteiger partial charge >= 0.3 is 0 Å². The van der Waals surface area contributed by atoms with Crippen LogP contribution in [0.15, 0.2) is 48.0 Å². The molecule has 34 heavy (non-hydrogen) atoms. The van der Waals surface area contributed by atoms with Crippen molar-refractivity contribution in [2.75, 3.05) is 38.6 Å². The van der Waals surface area contributed by atoms with Gasteiger partial charge in [0.1, 0.15) is 11.6 Å². The van der Waals surface area contributed by atoms with E-state index in [1.54, 1.807) is 38.1 Å². The number of hydrogen-bond acceptors (Lipinski definition) is 5. The molecule has 0 unspecified atom stereocenters. The second-order valence-corrected chi connectivity index (χ2v) is 8.91. The number of fused-ring (bicyclic) bond motifs is 2. The van der Waals surface area contributed by atoms with Gasteiger partial charge in [-0.05, 0) is 58.6 Å². The van der Waals surface area contributed by atoms with Crippen molar-refractivity contribution in [3.05, 3.63) is 70.5 Å². The lowest BCUT2D eigenvalue weighted by Gasteiger charge is -2.34. The highest BCUT2D eigenvalue weighted by atomic mass is 19.1. The summed E-state index contributed by atoms with van der Waals surface area (Å²) in [7, 11) is 3.79. The molecule has 4 rings (SSSR count). The number of aliphatic hydroxyl groups excluding tert-OH is 1. The molecule has 1 saturated heterocycles. The Morgan fingerprint density at radius 2 is 1.82 bits per heavy atom. The van der Waals surface area contributed by atoms with Crippen LogP contribution in [0.1, 0.15) is 30.0 Å². The number of aryl methyl sites for hydroxylation is 1. The first-order chi connectivity index (χ1) is 16.2. The first kappa shape index (κ1) is 23.6. The van der Waals surface area contributed by atoms with E-state index in [9.17, 15) is 23.9 Å². The highest BCUT2D eigenvalue weighted by Crippen LogP contribution is 2.53. The van der Waals surface area contributed by atoms with E-state index in [2.05, 4.69) is 0 Å². The highest BCUT2D eigenvalue weighted by molar-refractivity contribution is 6.50. The minimum atomic E-state index is -1.81. The predicted molar refractivity (Wildman–Crippen MR) is 127 cm³/mol. The van der Waals surface area contributed by atoms with Crippen molar-refractivity contribution in [3.8, 4) is 0 Å². The van der Waals surface area contributed by atoms with Crippen LogP contribution in [0, 0.1) is 12.7 Å². The Balaban J connectivity index is 2.01. The summed E-state index contributed by atoms with van der Waals surface area (Å²) in [6.07, 6.45) is 0.516. The molecule has 0 saturated carbocycles. The topological polar surface area (TPSA) is 81.2 Å². The van der Waals surface area contributed by atoms with E-state index in [1.807, 2.05) is 19.0 Å². The van der Waals surface area contributed by atoms with Crippen molar-refractivity contribution >= 4 is 29.0 Å². The fraction of sp³-hybridized carbons (Fsp3) is 0.346. The number of anilines is 1. The number of hydrogen-bond donors (Lipinski definition) is 1. The lowest BCUT2D eigenvalue weighted by Crippen LogP contribution is -2.52. The fourth-order valence-electron chi connectivity index (χ4n) is 4.91. The third-order valence-corrected chi connectivity index (χ3v) is 6.56. The van der Waals surface area contributed by atoms with E-state index in [-0.39, 0.29) is 17.7 Å². The van der Waals surface area contributed by atoms with E-state index < -0.39 is 34.7 Å². The SMILES string of the molecule is CCN1C(=O)[C@]2(C(=C(O)c3ccc(C)c(F)c3)C(=O)C(=O)N2CCCN(C)C)c2ccccc21. The maximum Gasteiger partial charge on any atom is 0.296 e. The van der Waals surface area contributed by atoms with E-state index >= 15 is 0 Å². The van der Waals surface area contributed by atoms with Crippen molar-refractivity contribution < 1.29 is 23.9 Å². The zero-order valence-corrected chi connectivity index (χ0v) is 19.8. The number of aliphatic hydroxyl groups is 1. The number of rotatable bonds is 6. The second-order valence-electron chi connectivity index (χ2n) is 8.91. The number of carbonyl (C=O) groups excluding carboxylic acids is 3. The summed E-state index contributed by atoms with van der Waals surface area (Å²) in [5.74, 6) is -3.41. The average Bonchev–Trinajstić information content (AvgIpc) is 3.18. The number of ketones is 1. The van der Waals surface area contributed by atoms with Gasteiger partial charge in [-0.2, -0.15) is 0 Å². The van der Waals surface area contributed by atoms with Crippen molar-refractivity contribution in [2.24, 2.45) is 0 Å². The van der Waals surface area contributed by atoms with Crippen molar-refractivity contribution in [1.82, 2.24) is 9.80 Å². The van der Waals surface area contributed by atoms with Crippen molar-refractivity contribution in [3.63, 3.8) is 0 Å². The third-order valence-electron chi connectivity index (χ3n) is 6.56. The van der Waals surface area contributed by atoms with E-state index in [4.69, 9.17) is 0 Å². The van der Waals surface area contributed by atoms with Crippen molar-refractivity contribution in [2.45, 2.75) is 25.8 Å². The van der Waals surface area contributed by atoms with Crippen LogP contribution >= 0.6 is 0 Å². The molecule has 2 aliphatic rings. The number of halogens is 1. The van der Waals surface area contributed by atoms with E-state index in [0.29, 0.717) is 36.3 Å². The molecule has 2 aromatic carbocycles. The van der Waals surface area contributed by atoms with Gasteiger partial charge in [-0.3, -0.25) is 14.4 Å². The predicted octanol–water partition coefficient (Wildman–Crippen LogP) is 3.03. The molecule has 2 heterocycles. The Labute approximate surface area is 198 Å². The number of Topliss-reactive ketones (excluding diaryl/α,β-unsaturated/α-hetero) is 1. The molecule has 1 spiro atoms. The first-order valence-electron chi connectivity index (χ1n) is 11.3. The summed E-state index contributed by atoms with van der Waals surface area (Å²) in [5.41, 5.74) is -0.684. The first-order valence-corrected chi connectivity index (χ1v) is 11.3. The van der Waals surface area contributed by atoms with Crippen LogP contribution in [0.5, 0.6) is 0 Å². The second kappa shape index (κ2) is 8.68. The van der Waals surface area contributed by atoms with E-state index in [0.717, 1.165) is 6.07 Å². The molecule has 2 aromatic rings. The molecule has 0 aromatic heterocycles. The summed E-state index contributed by atoms with van der Waals surface area (Å²) >= 11 is 0. The Hall–Kier alpha value is -3.52. The minimum Gasteiger partial charge on any atom is -0.507 e. The molecule has 1 fully saturated rings. The maximum atomic E-state index is 14.3. The minimum absolute atomic E-state index is 0.0361. The van der Waals surface area contributed by atoms with E-state index in [1.165, 1.54) is 21.9 Å². The monoisotopic (exact) mass is 465 g/mol. The quantitative estimate of drug-likeness (QED) is 0.403. The molecule has 178 valence electrons. The molecule has 7 nitrogen and oxygen atoms in total. The Morgan fingerprint density at radius 1 is 1.12 bits per heavy atom. The standard InChI is InChI=1S/C26H28FN3O4/c1-5-29-20-10-7-6-9-18(20)26(25(29)34)21(22(31)17-12-11-16(2)19(27)15-17)23(32)24(33)30(26)14-8-13-28(3)4/h6-7,9-12,15,31H,5,8,13-14H2,1-4H3/t26-/m1/s1. The lowest BCUT2D eigenvalue weighted by atomic mass is 9.81. The van der Waals surface area contributed by atoms with Crippen LogP contribution in [0.4, 0.5) is 10.1 Å². The summed E-state index contributed by atoms with van der Waals surface area (Å²) in [4.78, 5) is 45.5. The van der Waals surface area contributed by atoms with Crippen LogP contribution in [0.2, 0.25) is 0 Å². The van der Waals surface area contributed by atoms with Gasteiger partial charge in [0.15, 0.2) is 5.54 Å². The summed E-state index contributed by atoms with van der Waals surface area (Å²) in [5, 5.41) is 11.3.